The SMILES string of the molecule is COc1ccc(CCN(C)CC(=O)N(C)C(C#N)c2ccccc2Cl)cc1OC.O=C(O)C(=O)O. The van der Waals surface area contributed by atoms with Crippen LogP contribution in [0.25, 0.3) is 0 Å². The van der Waals surface area contributed by atoms with Gasteiger partial charge in [0.15, 0.2) is 11.5 Å². The number of aliphatic carboxylic acids is 2. The number of likely N-dealkylation sites (N-methyl/N-ethyl adjacent to an activating group) is 2. The van der Waals surface area contributed by atoms with Crippen LogP contribution in [0.2, 0.25) is 5.02 Å². The van der Waals surface area contributed by atoms with E-state index in [1.807, 2.05) is 30.1 Å². The number of rotatable bonds is 9. The van der Waals surface area contributed by atoms with Crippen LogP contribution in [0, 0.1) is 11.3 Å². The summed E-state index contributed by atoms with van der Waals surface area (Å²) < 4.78 is 10.6. The third-order valence-corrected chi connectivity index (χ3v) is 5.27. The molecule has 10 nitrogen and oxygen atoms in total. The maximum Gasteiger partial charge on any atom is 0.414 e. The van der Waals surface area contributed by atoms with E-state index < -0.39 is 18.0 Å². The number of benzene rings is 2. The van der Waals surface area contributed by atoms with E-state index in [1.54, 1.807) is 45.5 Å². The molecular formula is C24H28ClN3O7. The molecule has 0 aromatic heterocycles. The van der Waals surface area contributed by atoms with Gasteiger partial charge in [0, 0.05) is 24.2 Å². The molecule has 188 valence electrons. The van der Waals surface area contributed by atoms with E-state index in [-0.39, 0.29) is 12.5 Å². The fraction of sp³-hybridized carbons (Fsp3) is 0.333. The van der Waals surface area contributed by atoms with Gasteiger partial charge in [0.25, 0.3) is 0 Å². The monoisotopic (exact) mass is 505 g/mol. The minimum Gasteiger partial charge on any atom is -0.493 e. The number of hydrogen-bond donors (Lipinski definition) is 2. The number of halogens is 1. The van der Waals surface area contributed by atoms with Gasteiger partial charge in [0.05, 0.1) is 26.8 Å². The lowest BCUT2D eigenvalue weighted by atomic mass is 10.1. The highest BCUT2D eigenvalue weighted by Crippen LogP contribution is 2.28. The molecule has 2 N–H and O–H groups in total. The first kappa shape index (κ1) is 29.2. The summed E-state index contributed by atoms with van der Waals surface area (Å²) in [4.78, 5) is 34.3. The van der Waals surface area contributed by atoms with Crippen LogP contribution in [0.5, 0.6) is 11.5 Å². The number of nitriles is 1. The third-order valence-electron chi connectivity index (χ3n) is 4.92. The third kappa shape index (κ3) is 9.16. The zero-order valence-electron chi connectivity index (χ0n) is 19.9. The summed E-state index contributed by atoms with van der Waals surface area (Å²) in [7, 11) is 6.71. The highest BCUT2D eigenvalue weighted by molar-refractivity contribution is 6.31. The zero-order chi connectivity index (χ0) is 26.5. The summed E-state index contributed by atoms with van der Waals surface area (Å²) in [6.45, 7) is 0.880. The summed E-state index contributed by atoms with van der Waals surface area (Å²) in [5, 5.41) is 24.8. The molecule has 0 bridgehead atoms. The molecule has 0 spiro atoms. The van der Waals surface area contributed by atoms with Crippen molar-refractivity contribution in [1.29, 1.82) is 5.26 Å². The van der Waals surface area contributed by atoms with E-state index in [2.05, 4.69) is 6.07 Å². The minimum atomic E-state index is -1.82. The highest BCUT2D eigenvalue weighted by atomic mass is 35.5. The Hall–Kier alpha value is -3.81. The summed E-state index contributed by atoms with van der Waals surface area (Å²) >= 11 is 6.20. The standard InChI is InChI=1S/C22H26ClN3O3.C2H2O4/c1-25(12-11-16-9-10-20(28-3)21(13-16)29-4)15-22(27)26(2)19(14-24)17-7-5-6-8-18(17)23;3-1(4)2(5)6/h5-10,13,19H,11-12,15H2,1-4H3;(H,3,4)(H,5,6). The lowest BCUT2D eigenvalue weighted by Gasteiger charge is -2.26. The number of carboxylic acid groups (broad SMARTS) is 2. The molecule has 0 fully saturated rings. The topological polar surface area (TPSA) is 140 Å². The second-order valence-corrected chi connectivity index (χ2v) is 7.75. The highest BCUT2D eigenvalue weighted by Gasteiger charge is 2.24. The summed E-state index contributed by atoms with van der Waals surface area (Å²) in [5.41, 5.74) is 1.71. The Morgan fingerprint density at radius 1 is 1.03 bits per heavy atom. The lowest BCUT2D eigenvalue weighted by Crippen LogP contribution is -2.39. The van der Waals surface area contributed by atoms with E-state index in [0.29, 0.717) is 28.6 Å². The van der Waals surface area contributed by atoms with Crippen molar-refractivity contribution in [3.63, 3.8) is 0 Å². The van der Waals surface area contributed by atoms with Gasteiger partial charge in [-0.25, -0.2) is 9.59 Å². The molecule has 0 saturated heterocycles. The van der Waals surface area contributed by atoms with E-state index >= 15 is 0 Å². The largest absolute Gasteiger partial charge is 0.493 e. The van der Waals surface area contributed by atoms with Gasteiger partial charge in [-0.2, -0.15) is 5.26 Å². The lowest BCUT2D eigenvalue weighted by molar-refractivity contribution is -0.159. The molecule has 11 heteroatoms. The molecule has 1 amide bonds. The number of carbonyl (C=O) groups excluding carboxylic acids is 1. The van der Waals surface area contributed by atoms with Crippen LogP contribution in [0.4, 0.5) is 0 Å². The number of ether oxygens (including phenoxy) is 2. The second kappa shape index (κ2) is 14.5. The van der Waals surface area contributed by atoms with Crippen molar-refractivity contribution in [1.82, 2.24) is 9.80 Å². The molecule has 1 atom stereocenters. The zero-order valence-corrected chi connectivity index (χ0v) is 20.7. The van der Waals surface area contributed by atoms with Crippen molar-refractivity contribution in [3.05, 3.63) is 58.6 Å². The van der Waals surface area contributed by atoms with Crippen molar-refractivity contribution < 1.29 is 34.1 Å². The van der Waals surface area contributed by atoms with Crippen molar-refractivity contribution in [2.24, 2.45) is 0 Å². The molecule has 0 heterocycles. The Bertz CT molecular complexity index is 1060. The summed E-state index contributed by atoms with van der Waals surface area (Å²) in [5.74, 6) is -2.43. The first-order chi connectivity index (χ1) is 16.5. The van der Waals surface area contributed by atoms with Crippen LogP contribution in [0.1, 0.15) is 17.2 Å². The first-order valence-corrected chi connectivity index (χ1v) is 10.7. The number of amides is 1. The first-order valence-electron chi connectivity index (χ1n) is 10.3. The van der Waals surface area contributed by atoms with Crippen molar-refractivity contribution in [2.45, 2.75) is 12.5 Å². The molecule has 35 heavy (non-hydrogen) atoms. The second-order valence-electron chi connectivity index (χ2n) is 7.35. The number of carboxylic acids is 2. The summed E-state index contributed by atoms with van der Waals surface area (Å²) in [6, 6.07) is 14.3. The molecule has 0 saturated carbocycles. The molecular weight excluding hydrogens is 478 g/mol. The van der Waals surface area contributed by atoms with Crippen LogP contribution in [0.15, 0.2) is 42.5 Å². The maximum absolute atomic E-state index is 12.7. The molecule has 1 unspecified atom stereocenters. The Balaban J connectivity index is 0.000000905. The van der Waals surface area contributed by atoms with Crippen LogP contribution < -0.4 is 9.47 Å². The van der Waals surface area contributed by atoms with E-state index in [9.17, 15) is 10.1 Å². The molecule has 2 rings (SSSR count). The van der Waals surface area contributed by atoms with Gasteiger partial charge in [-0.05, 0) is 37.2 Å². The van der Waals surface area contributed by atoms with E-state index in [4.69, 9.17) is 40.9 Å². The van der Waals surface area contributed by atoms with Gasteiger partial charge in [-0.15, -0.1) is 0 Å². The van der Waals surface area contributed by atoms with E-state index in [0.717, 1.165) is 12.0 Å². The quantitative estimate of drug-likeness (QED) is 0.492. The Labute approximate surface area is 208 Å². The number of carbonyl (C=O) groups is 3. The average molecular weight is 506 g/mol. The van der Waals surface area contributed by atoms with Gasteiger partial charge >= 0.3 is 11.9 Å². The minimum absolute atomic E-state index is 0.147. The van der Waals surface area contributed by atoms with Gasteiger partial charge < -0.3 is 24.6 Å². The van der Waals surface area contributed by atoms with Crippen molar-refractivity contribution in [3.8, 4) is 17.6 Å². The van der Waals surface area contributed by atoms with Gasteiger partial charge in [0.2, 0.25) is 5.91 Å². The van der Waals surface area contributed by atoms with E-state index in [1.165, 1.54) is 4.90 Å². The predicted molar refractivity (Wildman–Crippen MR) is 129 cm³/mol. The molecule has 2 aromatic carbocycles. The van der Waals surface area contributed by atoms with Gasteiger partial charge in [-0.3, -0.25) is 9.69 Å². The average Bonchev–Trinajstić information content (AvgIpc) is 2.84. The normalized spacial score (nSPS) is 10.9. The summed E-state index contributed by atoms with van der Waals surface area (Å²) in [6.07, 6.45) is 0.750. The van der Waals surface area contributed by atoms with Crippen molar-refractivity contribution >= 4 is 29.4 Å². The predicted octanol–water partition coefficient (Wildman–Crippen LogP) is 2.71. The Morgan fingerprint density at radius 3 is 2.14 bits per heavy atom. The van der Waals surface area contributed by atoms with Gasteiger partial charge in [-0.1, -0.05) is 35.9 Å². The van der Waals surface area contributed by atoms with Crippen LogP contribution in [-0.4, -0.2) is 79.3 Å². The number of nitrogens with zero attached hydrogens (tertiary/aromatic N) is 3. The van der Waals surface area contributed by atoms with Crippen LogP contribution in [-0.2, 0) is 20.8 Å². The van der Waals surface area contributed by atoms with Gasteiger partial charge in [0.1, 0.15) is 6.04 Å². The Morgan fingerprint density at radius 2 is 1.63 bits per heavy atom. The smallest absolute Gasteiger partial charge is 0.414 e. The Kier molecular flexibility index (Phi) is 12.1. The van der Waals surface area contributed by atoms with Crippen LogP contribution in [0.3, 0.4) is 0 Å². The van der Waals surface area contributed by atoms with Crippen molar-refractivity contribution in [2.75, 3.05) is 41.4 Å². The fourth-order valence-corrected chi connectivity index (χ4v) is 3.22. The number of hydrogen-bond acceptors (Lipinski definition) is 7. The molecule has 0 radical (unpaired) electrons. The number of methoxy groups -OCH3 is 2. The molecule has 2 aromatic rings. The molecule has 0 aliphatic heterocycles. The van der Waals surface area contributed by atoms with Crippen LogP contribution >= 0.6 is 11.6 Å². The molecule has 0 aliphatic carbocycles. The molecule has 0 aliphatic rings. The maximum atomic E-state index is 12.7. The fourth-order valence-electron chi connectivity index (χ4n) is 2.98.